The molecule has 2 amide bonds. The number of likely N-dealkylation sites (tertiary alicyclic amines) is 2. The molecular formula is C28H37N3O4. The highest BCUT2D eigenvalue weighted by Gasteiger charge is 2.34. The second kappa shape index (κ2) is 11.6. The lowest BCUT2D eigenvalue weighted by Crippen LogP contribution is -2.32. The van der Waals surface area contributed by atoms with Gasteiger partial charge >= 0.3 is 0 Å². The lowest BCUT2D eigenvalue weighted by molar-refractivity contribution is -0.128. The molecule has 2 aliphatic heterocycles. The van der Waals surface area contributed by atoms with Crippen molar-refractivity contribution >= 4 is 17.5 Å². The van der Waals surface area contributed by atoms with Gasteiger partial charge in [0.25, 0.3) is 0 Å². The maximum Gasteiger partial charge on any atom is 0.229 e. The minimum absolute atomic E-state index is 0.0248. The Kier molecular flexibility index (Phi) is 8.29. The molecule has 0 spiro atoms. The Balaban J connectivity index is 1.25. The Morgan fingerprint density at radius 1 is 1.00 bits per heavy atom. The number of amides is 2. The largest absolute Gasteiger partial charge is 0.493 e. The van der Waals surface area contributed by atoms with Crippen LogP contribution in [-0.4, -0.2) is 62.0 Å². The van der Waals surface area contributed by atoms with E-state index in [1.165, 1.54) is 18.4 Å². The van der Waals surface area contributed by atoms with Gasteiger partial charge in [-0.1, -0.05) is 25.1 Å². The van der Waals surface area contributed by atoms with Crippen LogP contribution in [0.1, 0.15) is 37.3 Å². The van der Waals surface area contributed by atoms with Crippen LogP contribution in [0.5, 0.6) is 11.5 Å². The third kappa shape index (κ3) is 6.54. The van der Waals surface area contributed by atoms with Gasteiger partial charge in [-0.2, -0.15) is 0 Å². The number of methoxy groups -OCH3 is 2. The third-order valence-corrected chi connectivity index (χ3v) is 7.21. The van der Waals surface area contributed by atoms with Crippen LogP contribution < -0.4 is 14.8 Å². The fraction of sp³-hybridized carbons (Fsp3) is 0.500. The van der Waals surface area contributed by atoms with Crippen LogP contribution in [0.2, 0.25) is 0 Å². The number of ether oxygens (including phenoxy) is 2. The van der Waals surface area contributed by atoms with Crippen molar-refractivity contribution in [2.24, 2.45) is 11.8 Å². The van der Waals surface area contributed by atoms with Crippen molar-refractivity contribution in [1.82, 2.24) is 9.80 Å². The van der Waals surface area contributed by atoms with Crippen molar-refractivity contribution < 1.29 is 19.1 Å². The summed E-state index contributed by atoms with van der Waals surface area (Å²) in [6, 6.07) is 13.9. The predicted octanol–water partition coefficient (Wildman–Crippen LogP) is 3.97. The number of nitrogens with one attached hydrogen (secondary N) is 1. The summed E-state index contributed by atoms with van der Waals surface area (Å²) in [5.74, 6) is 1.78. The van der Waals surface area contributed by atoms with Gasteiger partial charge in [0.1, 0.15) is 0 Å². The summed E-state index contributed by atoms with van der Waals surface area (Å²) < 4.78 is 10.6. The quantitative estimate of drug-likeness (QED) is 0.589. The van der Waals surface area contributed by atoms with Crippen molar-refractivity contribution in [3.8, 4) is 11.5 Å². The number of piperidine rings is 1. The molecule has 4 rings (SSSR count). The van der Waals surface area contributed by atoms with Crippen molar-refractivity contribution in [3.63, 3.8) is 0 Å². The highest BCUT2D eigenvalue weighted by Crippen LogP contribution is 2.28. The Hall–Kier alpha value is -3.06. The normalized spacial score (nSPS) is 19.1. The summed E-state index contributed by atoms with van der Waals surface area (Å²) in [6.07, 6.45) is 3.47. The fourth-order valence-electron chi connectivity index (χ4n) is 4.88. The molecule has 2 aromatic carbocycles. The van der Waals surface area contributed by atoms with E-state index in [2.05, 4.69) is 29.3 Å². The number of anilines is 1. The van der Waals surface area contributed by atoms with Crippen LogP contribution in [0.25, 0.3) is 0 Å². The van der Waals surface area contributed by atoms with E-state index >= 15 is 0 Å². The molecule has 2 aliphatic rings. The van der Waals surface area contributed by atoms with Crippen LogP contribution in [0.3, 0.4) is 0 Å². The molecule has 1 unspecified atom stereocenters. The Labute approximate surface area is 208 Å². The number of nitrogens with zero attached hydrogens (tertiary/aromatic N) is 2. The first-order valence-electron chi connectivity index (χ1n) is 12.6. The van der Waals surface area contributed by atoms with E-state index in [-0.39, 0.29) is 24.2 Å². The number of rotatable bonds is 9. The average Bonchev–Trinajstić information content (AvgIpc) is 3.25. The van der Waals surface area contributed by atoms with Crippen molar-refractivity contribution in [3.05, 3.63) is 53.6 Å². The van der Waals surface area contributed by atoms with Gasteiger partial charge in [0.2, 0.25) is 11.8 Å². The summed E-state index contributed by atoms with van der Waals surface area (Å²) in [4.78, 5) is 29.7. The molecule has 2 fully saturated rings. The summed E-state index contributed by atoms with van der Waals surface area (Å²) in [5, 5.41) is 3.00. The summed E-state index contributed by atoms with van der Waals surface area (Å²) >= 11 is 0. The minimum atomic E-state index is -0.331. The fourth-order valence-corrected chi connectivity index (χ4v) is 4.88. The van der Waals surface area contributed by atoms with Gasteiger partial charge in [-0.15, -0.1) is 0 Å². The Morgan fingerprint density at radius 2 is 1.69 bits per heavy atom. The second-order valence-corrected chi connectivity index (χ2v) is 9.82. The zero-order valence-corrected chi connectivity index (χ0v) is 21.1. The minimum Gasteiger partial charge on any atom is -0.493 e. The van der Waals surface area contributed by atoms with Crippen molar-refractivity contribution in [2.45, 2.75) is 39.2 Å². The van der Waals surface area contributed by atoms with E-state index in [0.717, 1.165) is 36.8 Å². The van der Waals surface area contributed by atoms with Gasteiger partial charge < -0.3 is 19.7 Å². The van der Waals surface area contributed by atoms with Gasteiger partial charge in [-0.3, -0.25) is 14.5 Å². The summed E-state index contributed by atoms with van der Waals surface area (Å²) in [7, 11) is 3.22. The van der Waals surface area contributed by atoms with Gasteiger partial charge in [0, 0.05) is 31.7 Å². The number of benzene rings is 2. The van der Waals surface area contributed by atoms with Crippen molar-refractivity contribution in [2.75, 3.05) is 45.7 Å². The molecule has 0 aliphatic carbocycles. The van der Waals surface area contributed by atoms with E-state index in [9.17, 15) is 9.59 Å². The number of carbonyl (C=O) groups excluding carboxylic acids is 2. The van der Waals surface area contributed by atoms with Crippen LogP contribution in [-0.2, 0) is 22.6 Å². The molecule has 35 heavy (non-hydrogen) atoms. The van der Waals surface area contributed by atoms with E-state index in [0.29, 0.717) is 31.0 Å². The number of hydrogen-bond acceptors (Lipinski definition) is 5. The number of carbonyl (C=O) groups is 2. The third-order valence-electron chi connectivity index (χ3n) is 7.21. The first-order chi connectivity index (χ1) is 16.9. The van der Waals surface area contributed by atoms with Crippen LogP contribution in [0.15, 0.2) is 42.5 Å². The highest BCUT2D eigenvalue weighted by atomic mass is 16.5. The lowest BCUT2D eigenvalue weighted by atomic mass is 9.99. The first-order valence-corrected chi connectivity index (χ1v) is 12.6. The lowest BCUT2D eigenvalue weighted by Gasteiger charge is -2.30. The van der Waals surface area contributed by atoms with Gasteiger partial charge in [-0.05, 0) is 73.7 Å². The maximum atomic E-state index is 12.8. The maximum absolute atomic E-state index is 12.8. The smallest absolute Gasteiger partial charge is 0.229 e. The van der Waals surface area contributed by atoms with Crippen molar-refractivity contribution in [1.29, 1.82) is 0 Å². The molecule has 1 N–H and O–H groups in total. The summed E-state index contributed by atoms with van der Waals surface area (Å²) in [6.45, 7) is 6.60. The zero-order chi connectivity index (χ0) is 24.8. The predicted molar refractivity (Wildman–Crippen MR) is 137 cm³/mol. The van der Waals surface area contributed by atoms with E-state index < -0.39 is 0 Å². The monoisotopic (exact) mass is 479 g/mol. The van der Waals surface area contributed by atoms with Crippen LogP contribution in [0, 0.1) is 11.8 Å². The average molecular weight is 480 g/mol. The van der Waals surface area contributed by atoms with E-state index in [4.69, 9.17) is 9.47 Å². The molecular weight excluding hydrogens is 442 g/mol. The molecule has 188 valence electrons. The molecule has 0 bridgehead atoms. The molecule has 0 saturated carbocycles. The van der Waals surface area contributed by atoms with E-state index in [1.54, 1.807) is 19.1 Å². The van der Waals surface area contributed by atoms with Crippen LogP contribution >= 0.6 is 0 Å². The van der Waals surface area contributed by atoms with Gasteiger partial charge in [-0.25, -0.2) is 0 Å². The molecule has 0 radical (unpaired) electrons. The SMILES string of the molecule is COc1ccc(CCN2CC(C(=O)Nc3ccc(CN4CCC(C)CC4)cc3)CC2=O)cc1OC. The molecule has 2 heterocycles. The molecule has 7 nitrogen and oxygen atoms in total. The topological polar surface area (TPSA) is 71.1 Å². The molecule has 1 atom stereocenters. The first kappa shape index (κ1) is 25.0. The molecule has 7 heteroatoms. The summed E-state index contributed by atoms with van der Waals surface area (Å²) in [5.41, 5.74) is 3.10. The van der Waals surface area contributed by atoms with Crippen LogP contribution in [0.4, 0.5) is 5.69 Å². The van der Waals surface area contributed by atoms with E-state index in [1.807, 2.05) is 30.3 Å². The highest BCUT2D eigenvalue weighted by molar-refractivity contribution is 5.97. The Morgan fingerprint density at radius 3 is 2.37 bits per heavy atom. The Bertz CT molecular complexity index is 1020. The number of hydrogen-bond donors (Lipinski definition) is 1. The van der Waals surface area contributed by atoms with Gasteiger partial charge in [0.15, 0.2) is 11.5 Å². The van der Waals surface area contributed by atoms with Gasteiger partial charge in [0.05, 0.1) is 20.1 Å². The molecule has 0 aromatic heterocycles. The zero-order valence-electron chi connectivity index (χ0n) is 21.1. The molecule has 2 aromatic rings. The standard InChI is InChI=1S/C28H37N3O4/c1-20-10-13-30(14-11-20)18-22-4-7-24(8-5-22)29-28(33)23-17-27(32)31(19-23)15-12-21-6-9-25(34-2)26(16-21)35-3/h4-9,16,20,23H,10-15,17-19H2,1-3H3,(H,29,33). The second-order valence-electron chi connectivity index (χ2n) is 9.82. The molecule has 2 saturated heterocycles.